The summed E-state index contributed by atoms with van der Waals surface area (Å²) in [5.74, 6) is 0. The van der Waals surface area contributed by atoms with E-state index in [9.17, 15) is 0 Å². The summed E-state index contributed by atoms with van der Waals surface area (Å²) in [6.45, 7) is 6.90. The minimum atomic E-state index is 0.549. The summed E-state index contributed by atoms with van der Waals surface area (Å²) in [6, 6.07) is 9.07. The predicted octanol–water partition coefficient (Wildman–Crippen LogP) is 2.55. The van der Waals surface area contributed by atoms with E-state index in [-0.39, 0.29) is 0 Å². The van der Waals surface area contributed by atoms with Gasteiger partial charge in [-0.15, -0.1) is 0 Å². The summed E-state index contributed by atoms with van der Waals surface area (Å²) >= 11 is 0. The van der Waals surface area contributed by atoms with Crippen LogP contribution >= 0.6 is 0 Å². The fourth-order valence-electron chi connectivity index (χ4n) is 1.42. The molecular weight excluding hydrogens is 174 g/mol. The van der Waals surface area contributed by atoms with E-state index in [1.807, 2.05) is 12.1 Å². The maximum Gasteiger partial charge on any atom is 0.187 e. The molecule has 0 spiro atoms. The fraction of sp³-hybridized carbons (Fsp3) is 0. The topological polar surface area (TPSA) is 56.4 Å². The Morgan fingerprint density at radius 1 is 1.07 bits per heavy atom. The van der Waals surface area contributed by atoms with Gasteiger partial charge in [-0.1, -0.05) is 18.2 Å². The van der Waals surface area contributed by atoms with Crippen LogP contribution in [0.3, 0.4) is 0 Å². The normalized spacial score (nSPS) is 9.93. The number of hydrogen-bond acceptors (Lipinski definition) is 2. The quantitative estimate of drug-likeness (QED) is 0.487. The standard InChI is InChI=1S/C11H9N3/c1-14-8-4-2-7-3-5-10(12)11(13)9(7)6-8/h2-6H,12-13H2. The first-order valence-corrected chi connectivity index (χ1v) is 4.17. The van der Waals surface area contributed by atoms with Crippen molar-refractivity contribution in [2.75, 3.05) is 11.5 Å². The Kier molecular flexibility index (Phi) is 1.76. The molecule has 2 aromatic rings. The molecule has 0 aliphatic rings. The Morgan fingerprint density at radius 3 is 2.50 bits per heavy atom. The van der Waals surface area contributed by atoms with E-state index in [2.05, 4.69) is 4.85 Å². The van der Waals surface area contributed by atoms with Crippen LogP contribution in [0, 0.1) is 6.57 Å². The van der Waals surface area contributed by atoms with Crippen molar-refractivity contribution in [3.05, 3.63) is 41.7 Å². The van der Waals surface area contributed by atoms with Gasteiger partial charge < -0.3 is 11.5 Å². The van der Waals surface area contributed by atoms with Crippen molar-refractivity contribution >= 4 is 27.8 Å². The van der Waals surface area contributed by atoms with Crippen LogP contribution in [0.4, 0.5) is 17.1 Å². The number of rotatable bonds is 0. The molecule has 68 valence electrons. The molecule has 4 N–H and O–H groups in total. The zero-order valence-electron chi connectivity index (χ0n) is 7.49. The van der Waals surface area contributed by atoms with E-state index in [1.165, 1.54) is 0 Å². The highest BCUT2D eigenvalue weighted by molar-refractivity contribution is 6.00. The lowest BCUT2D eigenvalue weighted by molar-refractivity contribution is 1.71. The smallest absolute Gasteiger partial charge is 0.187 e. The number of fused-ring (bicyclic) bond motifs is 1. The minimum absolute atomic E-state index is 0.549. The van der Waals surface area contributed by atoms with E-state index < -0.39 is 0 Å². The van der Waals surface area contributed by atoms with Gasteiger partial charge in [0, 0.05) is 0 Å². The molecule has 0 radical (unpaired) electrons. The van der Waals surface area contributed by atoms with Crippen molar-refractivity contribution in [1.82, 2.24) is 0 Å². The van der Waals surface area contributed by atoms with Gasteiger partial charge in [0.25, 0.3) is 0 Å². The molecule has 0 atom stereocenters. The molecule has 0 unspecified atom stereocenters. The van der Waals surface area contributed by atoms with Gasteiger partial charge in [-0.25, -0.2) is 4.85 Å². The number of nitrogen functional groups attached to an aromatic ring is 2. The Morgan fingerprint density at radius 2 is 1.79 bits per heavy atom. The Labute approximate surface area is 81.8 Å². The molecule has 0 aliphatic heterocycles. The van der Waals surface area contributed by atoms with Crippen molar-refractivity contribution in [1.29, 1.82) is 0 Å². The van der Waals surface area contributed by atoms with E-state index in [0.29, 0.717) is 17.1 Å². The molecule has 2 aromatic carbocycles. The predicted molar refractivity (Wildman–Crippen MR) is 59.0 cm³/mol. The summed E-state index contributed by atoms with van der Waals surface area (Å²) in [5, 5.41) is 1.85. The van der Waals surface area contributed by atoms with Crippen molar-refractivity contribution in [2.45, 2.75) is 0 Å². The van der Waals surface area contributed by atoms with Crippen LogP contribution in [0.2, 0.25) is 0 Å². The number of nitrogens with two attached hydrogens (primary N) is 2. The van der Waals surface area contributed by atoms with Gasteiger partial charge in [-0.3, -0.25) is 0 Å². The molecular formula is C11H9N3. The molecule has 0 heterocycles. The molecule has 0 fully saturated rings. The van der Waals surface area contributed by atoms with Crippen LogP contribution in [0.5, 0.6) is 0 Å². The monoisotopic (exact) mass is 183 g/mol. The van der Waals surface area contributed by atoms with Gasteiger partial charge in [0.2, 0.25) is 0 Å². The average Bonchev–Trinajstić information content (AvgIpc) is 2.23. The van der Waals surface area contributed by atoms with E-state index in [0.717, 1.165) is 10.8 Å². The summed E-state index contributed by atoms with van der Waals surface area (Å²) < 4.78 is 0. The van der Waals surface area contributed by atoms with Crippen molar-refractivity contribution in [3.63, 3.8) is 0 Å². The zero-order valence-corrected chi connectivity index (χ0v) is 7.49. The average molecular weight is 183 g/mol. The number of anilines is 2. The van der Waals surface area contributed by atoms with Gasteiger partial charge in [-0.2, -0.15) is 0 Å². The van der Waals surface area contributed by atoms with Crippen LogP contribution in [-0.4, -0.2) is 0 Å². The van der Waals surface area contributed by atoms with Gasteiger partial charge in [0.05, 0.1) is 17.9 Å². The summed E-state index contributed by atoms with van der Waals surface area (Å²) in [7, 11) is 0. The number of nitrogens with zero attached hydrogens (tertiary/aromatic N) is 1. The lowest BCUT2D eigenvalue weighted by Gasteiger charge is -2.05. The highest BCUT2D eigenvalue weighted by Crippen LogP contribution is 2.29. The molecule has 3 heteroatoms. The third kappa shape index (κ3) is 1.14. The first-order valence-electron chi connectivity index (χ1n) is 4.17. The van der Waals surface area contributed by atoms with Gasteiger partial charge >= 0.3 is 0 Å². The Balaban J connectivity index is 2.86. The van der Waals surface area contributed by atoms with Crippen LogP contribution in [0.25, 0.3) is 15.6 Å². The molecule has 0 bridgehead atoms. The third-order valence-corrected chi connectivity index (χ3v) is 2.21. The molecule has 0 aromatic heterocycles. The molecule has 0 amide bonds. The molecule has 14 heavy (non-hydrogen) atoms. The molecule has 0 aliphatic carbocycles. The fourth-order valence-corrected chi connectivity index (χ4v) is 1.42. The third-order valence-electron chi connectivity index (χ3n) is 2.21. The van der Waals surface area contributed by atoms with Gasteiger partial charge in [-0.05, 0) is 22.9 Å². The summed E-state index contributed by atoms with van der Waals surface area (Å²) in [5.41, 5.74) is 13.2. The first-order chi connectivity index (χ1) is 6.72. The zero-order chi connectivity index (χ0) is 10.1. The Hall–Kier alpha value is -2.21. The lowest BCUT2D eigenvalue weighted by Crippen LogP contribution is -1.94. The van der Waals surface area contributed by atoms with Gasteiger partial charge in [0.1, 0.15) is 0 Å². The second-order valence-corrected chi connectivity index (χ2v) is 3.09. The highest BCUT2D eigenvalue weighted by atomic mass is 14.7. The second kappa shape index (κ2) is 2.93. The van der Waals surface area contributed by atoms with Crippen LogP contribution in [0.1, 0.15) is 0 Å². The van der Waals surface area contributed by atoms with Crippen molar-refractivity contribution in [2.24, 2.45) is 0 Å². The summed E-state index contributed by atoms with van der Waals surface area (Å²) in [6.07, 6.45) is 0. The molecule has 0 saturated carbocycles. The van der Waals surface area contributed by atoms with Crippen LogP contribution in [-0.2, 0) is 0 Å². The summed E-state index contributed by atoms with van der Waals surface area (Å²) in [4.78, 5) is 3.35. The molecule has 2 rings (SSSR count). The maximum absolute atomic E-state index is 6.90. The number of benzene rings is 2. The largest absolute Gasteiger partial charge is 0.397 e. The molecule has 0 saturated heterocycles. The second-order valence-electron chi connectivity index (χ2n) is 3.09. The van der Waals surface area contributed by atoms with Gasteiger partial charge in [0.15, 0.2) is 5.69 Å². The molecule has 3 nitrogen and oxygen atoms in total. The Bertz CT molecular complexity index is 538. The van der Waals surface area contributed by atoms with E-state index >= 15 is 0 Å². The first kappa shape index (κ1) is 8.39. The number of hydrogen-bond donors (Lipinski definition) is 2. The minimum Gasteiger partial charge on any atom is -0.397 e. The van der Waals surface area contributed by atoms with Crippen molar-refractivity contribution < 1.29 is 0 Å². The highest BCUT2D eigenvalue weighted by Gasteiger charge is 2.02. The lowest BCUT2D eigenvalue weighted by atomic mass is 10.1. The van der Waals surface area contributed by atoms with Crippen LogP contribution < -0.4 is 11.5 Å². The van der Waals surface area contributed by atoms with Crippen LogP contribution in [0.15, 0.2) is 30.3 Å². The van der Waals surface area contributed by atoms with E-state index in [4.69, 9.17) is 18.0 Å². The van der Waals surface area contributed by atoms with E-state index in [1.54, 1.807) is 18.2 Å². The maximum atomic E-state index is 6.90. The SMILES string of the molecule is [C-]#[N+]c1ccc2ccc(N)c(N)c2c1. The van der Waals surface area contributed by atoms with Crippen molar-refractivity contribution in [3.8, 4) is 0 Å².